The van der Waals surface area contributed by atoms with Gasteiger partial charge in [-0.3, -0.25) is 0 Å². The van der Waals surface area contributed by atoms with Gasteiger partial charge in [0.2, 0.25) is 10.0 Å². The maximum absolute atomic E-state index is 11.6. The topological polar surface area (TPSA) is 49.4 Å². The molecule has 1 unspecified atom stereocenters. The smallest absolute Gasteiger partial charge is 0.214 e. The molecule has 1 rings (SSSR count). The fourth-order valence-corrected chi connectivity index (χ4v) is 3.53. The highest BCUT2D eigenvalue weighted by atomic mass is 32.2. The molecule has 1 fully saturated rings. The Balaban J connectivity index is 2.65. The van der Waals surface area contributed by atoms with Crippen LogP contribution in [0.1, 0.15) is 19.8 Å². The van der Waals surface area contributed by atoms with Gasteiger partial charge in [0.1, 0.15) is 0 Å². The lowest BCUT2D eigenvalue weighted by atomic mass is 10.3. The van der Waals surface area contributed by atoms with E-state index >= 15 is 0 Å². The first-order valence-electron chi connectivity index (χ1n) is 4.72. The molecule has 1 aliphatic heterocycles. The Morgan fingerprint density at radius 1 is 1.46 bits per heavy atom. The van der Waals surface area contributed by atoms with Gasteiger partial charge in [0.05, 0.1) is 5.75 Å². The molecule has 13 heavy (non-hydrogen) atoms. The second-order valence-corrected chi connectivity index (χ2v) is 5.58. The maximum Gasteiger partial charge on any atom is 0.214 e. The highest BCUT2D eigenvalue weighted by molar-refractivity contribution is 7.89. The molecule has 0 aromatic carbocycles. The Morgan fingerprint density at radius 2 is 2.15 bits per heavy atom. The fraction of sp³-hybridized carbons (Fsp3) is 1.00. The van der Waals surface area contributed by atoms with Crippen molar-refractivity contribution < 1.29 is 8.42 Å². The fourth-order valence-electron chi connectivity index (χ4n) is 1.70. The largest absolute Gasteiger partial charge is 0.318 e. The molecule has 1 heterocycles. The molecule has 1 saturated heterocycles. The van der Waals surface area contributed by atoms with Gasteiger partial charge >= 0.3 is 0 Å². The Bertz CT molecular complexity index is 251. The van der Waals surface area contributed by atoms with Crippen LogP contribution in [0.2, 0.25) is 0 Å². The lowest BCUT2D eigenvalue weighted by Crippen LogP contribution is -2.47. The van der Waals surface area contributed by atoms with E-state index in [4.69, 9.17) is 0 Å². The van der Waals surface area contributed by atoms with Crippen molar-refractivity contribution >= 4 is 10.0 Å². The summed E-state index contributed by atoms with van der Waals surface area (Å²) in [5, 5.41) is 3.00. The van der Waals surface area contributed by atoms with E-state index in [1.165, 1.54) is 0 Å². The van der Waals surface area contributed by atoms with E-state index in [0.717, 1.165) is 19.4 Å². The van der Waals surface area contributed by atoms with Crippen molar-refractivity contribution in [2.75, 3.05) is 25.9 Å². The summed E-state index contributed by atoms with van der Waals surface area (Å²) >= 11 is 0. The molecular formula is C8H18N2O2S. The molecule has 0 spiro atoms. The van der Waals surface area contributed by atoms with Crippen LogP contribution in [0.4, 0.5) is 0 Å². The molecule has 0 aromatic heterocycles. The summed E-state index contributed by atoms with van der Waals surface area (Å²) in [6.45, 7) is 3.35. The lowest BCUT2D eigenvalue weighted by molar-refractivity contribution is 0.312. The van der Waals surface area contributed by atoms with Crippen molar-refractivity contribution in [1.29, 1.82) is 0 Å². The summed E-state index contributed by atoms with van der Waals surface area (Å²) < 4.78 is 24.8. The standard InChI is InChI=1S/C8H18N2O2S/c1-8(7-9-2)10-5-3-4-6-13(10,11)12/h8-9H,3-7H2,1-2H3. The highest BCUT2D eigenvalue weighted by Crippen LogP contribution is 2.16. The minimum atomic E-state index is -2.95. The van der Waals surface area contributed by atoms with Gasteiger partial charge in [-0.05, 0) is 26.8 Å². The van der Waals surface area contributed by atoms with Crippen molar-refractivity contribution in [2.24, 2.45) is 0 Å². The number of nitrogens with one attached hydrogen (secondary N) is 1. The van der Waals surface area contributed by atoms with Crippen LogP contribution in [0.3, 0.4) is 0 Å². The van der Waals surface area contributed by atoms with Crippen LogP contribution in [0.15, 0.2) is 0 Å². The molecule has 4 nitrogen and oxygen atoms in total. The van der Waals surface area contributed by atoms with Gasteiger partial charge in [-0.1, -0.05) is 0 Å². The number of hydrogen-bond acceptors (Lipinski definition) is 3. The number of hydrogen-bond donors (Lipinski definition) is 1. The summed E-state index contributed by atoms with van der Waals surface area (Å²) in [5.74, 6) is 0.320. The Labute approximate surface area is 80.4 Å². The van der Waals surface area contributed by atoms with Gasteiger partial charge in [0.15, 0.2) is 0 Å². The summed E-state index contributed by atoms with van der Waals surface area (Å²) in [6, 6.07) is 0.0790. The molecule has 0 radical (unpaired) electrons. The normalized spacial score (nSPS) is 25.7. The SMILES string of the molecule is CNCC(C)N1CCCCS1(=O)=O. The second kappa shape index (κ2) is 4.39. The van der Waals surface area contributed by atoms with Crippen LogP contribution in [0, 0.1) is 0 Å². The van der Waals surface area contributed by atoms with Gasteiger partial charge in [-0.2, -0.15) is 4.31 Å². The molecule has 1 atom stereocenters. The van der Waals surface area contributed by atoms with E-state index in [0.29, 0.717) is 12.3 Å². The minimum Gasteiger partial charge on any atom is -0.318 e. The predicted octanol–water partition coefficient (Wildman–Crippen LogP) is 0.0199. The third kappa shape index (κ3) is 2.65. The molecule has 0 aromatic rings. The van der Waals surface area contributed by atoms with Crippen LogP contribution in [0.5, 0.6) is 0 Å². The van der Waals surface area contributed by atoms with Crippen molar-refractivity contribution in [2.45, 2.75) is 25.8 Å². The summed E-state index contributed by atoms with van der Waals surface area (Å²) in [7, 11) is -1.11. The molecular weight excluding hydrogens is 188 g/mol. The van der Waals surface area contributed by atoms with Crippen molar-refractivity contribution in [3.05, 3.63) is 0 Å². The van der Waals surface area contributed by atoms with E-state index in [1.807, 2.05) is 14.0 Å². The van der Waals surface area contributed by atoms with E-state index in [2.05, 4.69) is 5.32 Å². The van der Waals surface area contributed by atoms with Gasteiger partial charge in [0, 0.05) is 19.1 Å². The van der Waals surface area contributed by atoms with E-state index in [-0.39, 0.29) is 6.04 Å². The van der Waals surface area contributed by atoms with Crippen molar-refractivity contribution in [3.8, 4) is 0 Å². The molecule has 78 valence electrons. The van der Waals surface area contributed by atoms with Crippen molar-refractivity contribution in [3.63, 3.8) is 0 Å². The number of nitrogens with zero attached hydrogens (tertiary/aromatic N) is 1. The quantitative estimate of drug-likeness (QED) is 0.708. The summed E-state index contributed by atoms with van der Waals surface area (Å²) in [6.07, 6.45) is 1.80. The van der Waals surface area contributed by atoms with Gasteiger partial charge < -0.3 is 5.32 Å². The first-order valence-corrected chi connectivity index (χ1v) is 6.33. The van der Waals surface area contributed by atoms with E-state index in [9.17, 15) is 8.42 Å². The average molecular weight is 206 g/mol. The zero-order valence-electron chi connectivity index (χ0n) is 8.28. The zero-order valence-corrected chi connectivity index (χ0v) is 9.10. The highest BCUT2D eigenvalue weighted by Gasteiger charge is 2.29. The summed E-state index contributed by atoms with van der Waals surface area (Å²) in [4.78, 5) is 0. The molecule has 0 aliphatic carbocycles. The monoisotopic (exact) mass is 206 g/mol. The van der Waals surface area contributed by atoms with E-state index in [1.54, 1.807) is 4.31 Å². The van der Waals surface area contributed by atoms with Crippen molar-refractivity contribution in [1.82, 2.24) is 9.62 Å². The van der Waals surface area contributed by atoms with Crippen LogP contribution >= 0.6 is 0 Å². The van der Waals surface area contributed by atoms with E-state index < -0.39 is 10.0 Å². The number of likely N-dealkylation sites (N-methyl/N-ethyl adjacent to an activating group) is 1. The Kier molecular flexibility index (Phi) is 3.70. The molecule has 0 saturated carbocycles. The van der Waals surface area contributed by atoms with Gasteiger partial charge in [0.25, 0.3) is 0 Å². The average Bonchev–Trinajstić information content (AvgIpc) is 2.03. The minimum absolute atomic E-state index is 0.0790. The van der Waals surface area contributed by atoms with Crippen LogP contribution in [0.25, 0.3) is 0 Å². The molecule has 5 heteroatoms. The first-order chi connectivity index (χ1) is 6.08. The van der Waals surface area contributed by atoms with Gasteiger partial charge in [-0.25, -0.2) is 8.42 Å². The maximum atomic E-state index is 11.6. The third-order valence-corrected chi connectivity index (χ3v) is 4.44. The zero-order chi connectivity index (χ0) is 9.90. The predicted molar refractivity (Wildman–Crippen MR) is 53.1 cm³/mol. The van der Waals surface area contributed by atoms with Crippen LogP contribution < -0.4 is 5.32 Å². The molecule has 0 bridgehead atoms. The van der Waals surface area contributed by atoms with Crippen LogP contribution in [-0.4, -0.2) is 44.7 Å². The summed E-state index contributed by atoms with van der Waals surface area (Å²) in [5.41, 5.74) is 0. The molecule has 0 amide bonds. The second-order valence-electron chi connectivity index (χ2n) is 3.54. The first kappa shape index (κ1) is 10.9. The molecule has 1 N–H and O–H groups in total. The van der Waals surface area contributed by atoms with Crippen LogP contribution in [-0.2, 0) is 10.0 Å². The third-order valence-electron chi connectivity index (χ3n) is 2.38. The molecule has 1 aliphatic rings. The number of rotatable bonds is 3. The lowest BCUT2D eigenvalue weighted by Gasteiger charge is -2.31. The number of sulfonamides is 1. The Morgan fingerprint density at radius 3 is 2.69 bits per heavy atom. The Hall–Kier alpha value is -0.130. The van der Waals surface area contributed by atoms with Gasteiger partial charge in [-0.15, -0.1) is 0 Å².